The Morgan fingerprint density at radius 3 is 2.94 bits per heavy atom. The first-order chi connectivity index (χ1) is 8.24. The molecule has 90 valence electrons. The molecule has 17 heavy (non-hydrogen) atoms. The molecule has 2 aliphatic rings. The van der Waals surface area contributed by atoms with E-state index in [0.717, 1.165) is 12.3 Å². The fourth-order valence-corrected chi connectivity index (χ4v) is 3.55. The van der Waals surface area contributed by atoms with Crippen LogP contribution in [0.1, 0.15) is 42.6 Å². The first-order valence-electron chi connectivity index (χ1n) is 6.37. The van der Waals surface area contributed by atoms with Crippen LogP contribution in [0.15, 0.2) is 18.3 Å². The SMILES string of the molecule is O=C(CC1CC2CCC1C2)c1ncccc1F. The van der Waals surface area contributed by atoms with Gasteiger partial charge in [0, 0.05) is 12.6 Å². The van der Waals surface area contributed by atoms with Crippen molar-refractivity contribution >= 4 is 5.78 Å². The van der Waals surface area contributed by atoms with Gasteiger partial charge in [-0.2, -0.15) is 0 Å². The van der Waals surface area contributed by atoms with E-state index in [0.29, 0.717) is 18.3 Å². The summed E-state index contributed by atoms with van der Waals surface area (Å²) >= 11 is 0. The Labute approximate surface area is 100 Å². The Hall–Kier alpha value is -1.25. The number of rotatable bonds is 3. The lowest BCUT2D eigenvalue weighted by atomic mass is 9.85. The summed E-state index contributed by atoms with van der Waals surface area (Å²) in [4.78, 5) is 15.9. The van der Waals surface area contributed by atoms with Crippen LogP contribution < -0.4 is 0 Å². The van der Waals surface area contributed by atoms with Crippen LogP contribution in [0.5, 0.6) is 0 Å². The van der Waals surface area contributed by atoms with Gasteiger partial charge < -0.3 is 0 Å². The smallest absolute Gasteiger partial charge is 0.184 e. The molecule has 2 nitrogen and oxygen atoms in total. The predicted octanol–water partition coefficient (Wildman–Crippen LogP) is 3.23. The van der Waals surface area contributed by atoms with Gasteiger partial charge in [0.05, 0.1) is 0 Å². The lowest BCUT2D eigenvalue weighted by molar-refractivity contribution is 0.0935. The summed E-state index contributed by atoms with van der Waals surface area (Å²) in [5.41, 5.74) is 0.0234. The number of hydrogen-bond donors (Lipinski definition) is 0. The van der Waals surface area contributed by atoms with Crippen molar-refractivity contribution < 1.29 is 9.18 Å². The van der Waals surface area contributed by atoms with Gasteiger partial charge >= 0.3 is 0 Å². The van der Waals surface area contributed by atoms with Crippen LogP contribution in [0, 0.1) is 23.6 Å². The largest absolute Gasteiger partial charge is 0.292 e. The molecule has 0 N–H and O–H groups in total. The maximum atomic E-state index is 13.4. The van der Waals surface area contributed by atoms with E-state index in [4.69, 9.17) is 0 Å². The summed E-state index contributed by atoms with van der Waals surface area (Å²) < 4.78 is 13.4. The van der Waals surface area contributed by atoms with Crippen molar-refractivity contribution in [3.05, 3.63) is 29.8 Å². The van der Waals surface area contributed by atoms with Crippen molar-refractivity contribution in [2.24, 2.45) is 17.8 Å². The Bertz CT molecular complexity index is 446. The highest BCUT2D eigenvalue weighted by Gasteiger charge is 2.40. The van der Waals surface area contributed by atoms with Crippen molar-refractivity contribution in [3.63, 3.8) is 0 Å². The predicted molar refractivity (Wildman–Crippen MR) is 62.1 cm³/mol. The van der Waals surface area contributed by atoms with Gasteiger partial charge in [-0.1, -0.05) is 6.42 Å². The molecule has 2 saturated carbocycles. The van der Waals surface area contributed by atoms with E-state index in [2.05, 4.69) is 4.98 Å². The highest BCUT2D eigenvalue weighted by Crippen LogP contribution is 2.49. The Morgan fingerprint density at radius 2 is 2.29 bits per heavy atom. The van der Waals surface area contributed by atoms with E-state index in [1.807, 2.05) is 0 Å². The number of Topliss-reactive ketones (excluding diaryl/α,β-unsaturated/α-hetero) is 1. The van der Waals surface area contributed by atoms with E-state index in [1.54, 1.807) is 0 Å². The van der Waals surface area contributed by atoms with E-state index < -0.39 is 5.82 Å². The number of fused-ring (bicyclic) bond motifs is 2. The zero-order valence-corrected chi connectivity index (χ0v) is 9.73. The highest BCUT2D eigenvalue weighted by molar-refractivity contribution is 5.94. The summed E-state index contributed by atoms with van der Waals surface area (Å²) in [5.74, 6) is 1.39. The van der Waals surface area contributed by atoms with Crippen LogP contribution in [0.25, 0.3) is 0 Å². The molecule has 1 aromatic rings. The average molecular weight is 233 g/mol. The molecular weight excluding hydrogens is 217 g/mol. The fraction of sp³-hybridized carbons (Fsp3) is 0.571. The summed E-state index contributed by atoms with van der Waals surface area (Å²) in [6, 6.07) is 2.82. The van der Waals surface area contributed by atoms with Gasteiger partial charge in [0.1, 0.15) is 5.69 Å². The third kappa shape index (κ3) is 1.99. The molecular formula is C14H16FNO. The molecule has 1 aromatic heterocycles. The minimum Gasteiger partial charge on any atom is -0.292 e. The first kappa shape index (κ1) is 10.9. The first-order valence-corrected chi connectivity index (χ1v) is 6.37. The maximum absolute atomic E-state index is 13.4. The molecule has 0 saturated heterocycles. The average Bonchev–Trinajstić information content (AvgIpc) is 2.91. The summed E-state index contributed by atoms with van der Waals surface area (Å²) in [6.07, 6.45) is 6.99. The second kappa shape index (κ2) is 4.21. The monoisotopic (exact) mass is 233 g/mol. The van der Waals surface area contributed by atoms with Crippen LogP contribution in [-0.4, -0.2) is 10.8 Å². The number of hydrogen-bond acceptors (Lipinski definition) is 2. The number of aromatic nitrogens is 1. The van der Waals surface area contributed by atoms with Crippen LogP contribution in [0.4, 0.5) is 4.39 Å². The number of halogens is 1. The molecule has 2 fully saturated rings. The topological polar surface area (TPSA) is 30.0 Å². The molecule has 0 aromatic carbocycles. The lowest BCUT2D eigenvalue weighted by Gasteiger charge is -2.20. The quantitative estimate of drug-likeness (QED) is 0.750. The van der Waals surface area contributed by atoms with E-state index in [9.17, 15) is 9.18 Å². The van der Waals surface area contributed by atoms with Crippen molar-refractivity contribution in [3.8, 4) is 0 Å². The summed E-state index contributed by atoms with van der Waals surface area (Å²) in [5, 5.41) is 0. The molecule has 0 aliphatic heterocycles. The fourth-order valence-electron chi connectivity index (χ4n) is 3.55. The van der Waals surface area contributed by atoms with Gasteiger partial charge in [0.15, 0.2) is 11.6 Å². The molecule has 3 rings (SSSR count). The number of carbonyl (C=O) groups excluding carboxylic acids is 1. The Morgan fingerprint density at radius 1 is 1.41 bits per heavy atom. The van der Waals surface area contributed by atoms with Crippen LogP contribution >= 0.6 is 0 Å². The zero-order chi connectivity index (χ0) is 11.8. The van der Waals surface area contributed by atoms with Gasteiger partial charge in [0.25, 0.3) is 0 Å². The van der Waals surface area contributed by atoms with Crippen LogP contribution in [-0.2, 0) is 0 Å². The Balaban J connectivity index is 1.70. The van der Waals surface area contributed by atoms with Gasteiger partial charge in [-0.25, -0.2) is 4.39 Å². The number of nitrogens with zero attached hydrogens (tertiary/aromatic N) is 1. The molecule has 0 radical (unpaired) electrons. The summed E-state index contributed by atoms with van der Waals surface area (Å²) in [7, 11) is 0. The van der Waals surface area contributed by atoms with Crippen molar-refractivity contribution in [1.29, 1.82) is 0 Å². The highest BCUT2D eigenvalue weighted by atomic mass is 19.1. The third-order valence-electron chi connectivity index (χ3n) is 4.35. The van der Waals surface area contributed by atoms with Crippen LogP contribution in [0.3, 0.4) is 0 Å². The molecule has 3 atom stereocenters. The molecule has 0 spiro atoms. The van der Waals surface area contributed by atoms with Crippen LogP contribution in [0.2, 0.25) is 0 Å². The molecule has 0 amide bonds. The Kier molecular flexibility index (Phi) is 2.69. The van der Waals surface area contributed by atoms with Gasteiger partial charge in [-0.3, -0.25) is 9.78 Å². The normalized spacial score (nSPS) is 30.8. The van der Waals surface area contributed by atoms with E-state index >= 15 is 0 Å². The maximum Gasteiger partial charge on any atom is 0.184 e. The molecule has 2 bridgehead atoms. The van der Waals surface area contributed by atoms with E-state index in [-0.39, 0.29) is 11.5 Å². The minimum atomic E-state index is -0.486. The second-order valence-electron chi connectivity index (χ2n) is 5.40. The number of carbonyl (C=O) groups is 1. The lowest BCUT2D eigenvalue weighted by Crippen LogP contribution is -2.16. The number of ketones is 1. The second-order valence-corrected chi connectivity index (χ2v) is 5.40. The molecule has 3 unspecified atom stereocenters. The van der Waals surface area contributed by atoms with Gasteiger partial charge in [-0.15, -0.1) is 0 Å². The third-order valence-corrected chi connectivity index (χ3v) is 4.35. The van der Waals surface area contributed by atoms with Gasteiger partial charge in [0.2, 0.25) is 0 Å². The summed E-state index contributed by atoms with van der Waals surface area (Å²) in [6.45, 7) is 0. The number of pyridine rings is 1. The molecule has 2 aliphatic carbocycles. The zero-order valence-electron chi connectivity index (χ0n) is 9.73. The van der Waals surface area contributed by atoms with Crippen molar-refractivity contribution in [2.45, 2.75) is 32.1 Å². The van der Waals surface area contributed by atoms with E-state index in [1.165, 1.54) is 37.6 Å². The molecule has 1 heterocycles. The standard InChI is InChI=1S/C14H16FNO/c15-12-2-1-5-16-14(12)13(17)8-11-7-9-3-4-10(11)6-9/h1-2,5,9-11H,3-4,6-8H2. The van der Waals surface area contributed by atoms with Gasteiger partial charge in [-0.05, 0) is 49.1 Å². The van der Waals surface area contributed by atoms with Crippen molar-refractivity contribution in [2.75, 3.05) is 0 Å². The molecule has 3 heteroatoms. The van der Waals surface area contributed by atoms with Crippen molar-refractivity contribution in [1.82, 2.24) is 4.98 Å². The minimum absolute atomic E-state index is 0.0234.